The Bertz CT molecular complexity index is 276. The summed E-state index contributed by atoms with van der Waals surface area (Å²) in [5.41, 5.74) is 0. The van der Waals surface area contributed by atoms with Gasteiger partial charge in [-0.25, -0.2) is 0 Å². The Morgan fingerprint density at radius 1 is 1.21 bits per heavy atom. The van der Waals surface area contributed by atoms with Crippen molar-refractivity contribution < 1.29 is 5.11 Å². The first-order valence-electron chi connectivity index (χ1n) is 8.19. The van der Waals surface area contributed by atoms with E-state index in [9.17, 15) is 5.11 Å². The number of rotatable bonds is 6. The van der Waals surface area contributed by atoms with Crippen LogP contribution in [0, 0.1) is 11.8 Å². The zero-order valence-electron chi connectivity index (χ0n) is 13.2. The normalized spacial score (nSPS) is 29.7. The van der Waals surface area contributed by atoms with Gasteiger partial charge in [0.05, 0.1) is 6.10 Å². The summed E-state index contributed by atoms with van der Waals surface area (Å²) >= 11 is 0. The molecule has 0 radical (unpaired) electrons. The smallest absolute Gasteiger partial charge is 0.0615 e. The largest absolute Gasteiger partial charge is 0.392 e. The molecule has 0 saturated carbocycles. The summed E-state index contributed by atoms with van der Waals surface area (Å²) in [7, 11) is 0. The fraction of sp³-hybridized carbons (Fsp3) is 1.00. The molecule has 112 valence electrons. The lowest BCUT2D eigenvalue weighted by molar-refractivity contribution is -0.0355. The first-order chi connectivity index (χ1) is 9.02. The van der Waals surface area contributed by atoms with Gasteiger partial charge in [0.25, 0.3) is 0 Å². The topological polar surface area (TPSA) is 26.7 Å². The third-order valence-electron chi connectivity index (χ3n) is 5.20. The van der Waals surface area contributed by atoms with Crippen LogP contribution in [0.25, 0.3) is 0 Å². The average molecular weight is 268 g/mol. The molecular formula is C16H32N2O. The third-order valence-corrected chi connectivity index (χ3v) is 5.20. The molecule has 3 atom stereocenters. The van der Waals surface area contributed by atoms with Gasteiger partial charge in [-0.2, -0.15) is 0 Å². The second-order valence-electron chi connectivity index (χ2n) is 7.00. The van der Waals surface area contributed by atoms with Gasteiger partial charge >= 0.3 is 0 Å². The number of nitrogens with zero attached hydrogens (tertiary/aromatic N) is 2. The fourth-order valence-electron chi connectivity index (χ4n) is 3.69. The van der Waals surface area contributed by atoms with Crippen LogP contribution in [-0.2, 0) is 0 Å². The molecule has 1 N–H and O–H groups in total. The maximum atomic E-state index is 10.1. The van der Waals surface area contributed by atoms with E-state index in [4.69, 9.17) is 0 Å². The van der Waals surface area contributed by atoms with Gasteiger partial charge in [0.15, 0.2) is 0 Å². The molecule has 0 bridgehead atoms. The molecule has 19 heavy (non-hydrogen) atoms. The van der Waals surface area contributed by atoms with E-state index in [1.165, 1.54) is 32.4 Å². The molecule has 2 fully saturated rings. The fourth-order valence-corrected chi connectivity index (χ4v) is 3.69. The lowest BCUT2D eigenvalue weighted by Crippen LogP contribution is -2.56. The lowest BCUT2D eigenvalue weighted by atomic mass is 9.87. The molecule has 2 heterocycles. The van der Waals surface area contributed by atoms with E-state index in [0.29, 0.717) is 11.8 Å². The van der Waals surface area contributed by atoms with Gasteiger partial charge in [-0.1, -0.05) is 20.8 Å². The monoisotopic (exact) mass is 268 g/mol. The minimum atomic E-state index is -0.106. The Morgan fingerprint density at radius 2 is 1.89 bits per heavy atom. The Hall–Kier alpha value is -0.120. The molecule has 0 aliphatic carbocycles. The van der Waals surface area contributed by atoms with Crippen LogP contribution in [0.15, 0.2) is 0 Å². The van der Waals surface area contributed by atoms with Crippen LogP contribution >= 0.6 is 0 Å². The number of hydrogen-bond donors (Lipinski definition) is 1. The van der Waals surface area contributed by atoms with Gasteiger partial charge in [0.2, 0.25) is 0 Å². The van der Waals surface area contributed by atoms with Gasteiger partial charge in [-0.15, -0.1) is 0 Å². The lowest BCUT2D eigenvalue weighted by Gasteiger charge is -2.45. The van der Waals surface area contributed by atoms with Crippen molar-refractivity contribution in [3.63, 3.8) is 0 Å². The van der Waals surface area contributed by atoms with E-state index >= 15 is 0 Å². The maximum Gasteiger partial charge on any atom is 0.0615 e. The standard InChI is InChI=1S/C16H32N2O/c1-5-13(4)18-8-6-7-15(18)11-17-9-14(10-17)16(19)12(2)3/h12-16,19H,5-11H2,1-4H3. The molecule has 2 rings (SSSR count). The average Bonchev–Trinajstić information content (AvgIpc) is 2.79. The van der Waals surface area contributed by atoms with E-state index in [1.54, 1.807) is 0 Å². The zero-order valence-corrected chi connectivity index (χ0v) is 13.2. The molecule has 0 aromatic carbocycles. The van der Waals surface area contributed by atoms with Gasteiger partial charge < -0.3 is 10.0 Å². The summed E-state index contributed by atoms with van der Waals surface area (Å²) in [4.78, 5) is 5.24. The molecule has 0 amide bonds. The molecule has 2 aliphatic heterocycles. The van der Waals surface area contributed by atoms with E-state index in [2.05, 4.69) is 37.5 Å². The Labute approximate surface area is 119 Å². The minimum absolute atomic E-state index is 0.106. The summed E-state index contributed by atoms with van der Waals surface area (Å²) in [6, 6.07) is 1.48. The van der Waals surface area contributed by atoms with Crippen LogP contribution in [0.4, 0.5) is 0 Å². The van der Waals surface area contributed by atoms with E-state index in [1.807, 2.05) is 0 Å². The van der Waals surface area contributed by atoms with E-state index in [0.717, 1.165) is 25.2 Å². The van der Waals surface area contributed by atoms with Gasteiger partial charge in [0, 0.05) is 37.6 Å². The number of aliphatic hydroxyl groups excluding tert-OH is 1. The minimum Gasteiger partial charge on any atom is -0.392 e. The van der Waals surface area contributed by atoms with Crippen molar-refractivity contribution in [3.8, 4) is 0 Å². The highest BCUT2D eigenvalue weighted by molar-refractivity contribution is 4.91. The molecule has 0 aromatic heterocycles. The molecule has 3 unspecified atom stereocenters. The highest BCUT2D eigenvalue weighted by Gasteiger charge is 2.37. The summed E-state index contributed by atoms with van der Waals surface area (Å²) in [6.07, 6.45) is 3.87. The molecule has 3 nitrogen and oxygen atoms in total. The van der Waals surface area contributed by atoms with Crippen LogP contribution < -0.4 is 0 Å². The van der Waals surface area contributed by atoms with Crippen molar-refractivity contribution in [1.29, 1.82) is 0 Å². The summed E-state index contributed by atoms with van der Waals surface area (Å²) < 4.78 is 0. The van der Waals surface area contributed by atoms with Crippen LogP contribution in [0.3, 0.4) is 0 Å². The van der Waals surface area contributed by atoms with Crippen molar-refractivity contribution in [2.24, 2.45) is 11.8 Å². The highest BCUT2D eigenvalue weighted by Crippen LogP contribution is 2.27. The highest BCUT2D eigenvalue weighted by atomic mass is 16.3. The van der Waals surface area contributed by atoms with Gasteiger partial charge in [-0.3, -0.25) is 4.90 Å². The Kier molecular flexibility index (Phi) is 5.27. The number of likely N-dealkylation sites (tertiary alicyclic amines) is 2. The van der Waals surface area contributed by atoms with Gasteiger partial charge in [-0.05, 0) is 38.6 Å². The molecule has 2 aliphatic rings. The molecule has 0 aromatic rings. The maximum absolute atomic E-state index is 10.1. The van der Waals surface area contributed by atoms with Crippen molar-refractivity contribution >= 4 is 0 Å². The second-order valence-corrected chi connectivity index (χ2v) is 7.00. The summed E-state index contributed by atoms with van der Waals surface area (Å²) in [5, 5.41) is 10.1. The van der Waals surface area contributed by atoms with Crippen molar-refractivity contribution in [1.82, 2.24) is 9.80 Å². The third kappa shape index (κ3) is 3.50. The number of aliphatic hydroxyl groups is 1. The Balaban J connectivity index is 1.75. The summed E-state index contributed by atoms with van der Waals surface area (Å²) in [5.74, 6) is 0.911. The van der Waals surface area contributed by atoms with Crippen LogP contribution in [0.2, 0.25) is 0 Å². The predicted octanol–water partition coefficient (Wildman–Crippen LogP) is 2.20. The van der Waals surface area contributed by atoms with Crippen molar-refractivity contribution in [2.75, 3.05) is 26.2 Å². The quantitative estimate of drug-likeness (QED) is 0.800. The first kappa shape index (κ1) is 15.3. The van der Waals surface area contributed by atoms with Crippen molar-refractivity contribution in [3.05, 3.63) is 0 Å². The molecule has 2 saturated heterocycles. The first-order valence-corrected chi connectivity index (χ1v) is 8.19. The molecule has 0 spiro atoms. The van der Waals surface area contributed by atoms with Crippen molar-refractivity contribution in [2.45, 2.75) is 65.1 Å². The Morgan fingerprint density at radius 3 is 2.47 bits per heavy atom. The molecular weight excluding hydrogens is 236 g/mol. The summed E-state index contributed by atoms with van der Waals surface area (Å²) in [6.45, 7) is 13.6. The molecule has 3 heteroatoms. The predicted molar refractivity (Wildman–Crippen MR) is 80.3 cm³/mol. The van der Waals surface area contributed by atoms with Crippen LogP contribution in [-0.4, -0.2) is 59.3 Å². The second kappa shape index (κ2) is 6.55. The SMILES string of the molecule is CCC(C)N1CCCC1CN1CC(C(O)C(C)C)C1. The van der Waals surface area contributed by atoms with Gasteiger partial charge in [0.1, 0.15) is 0 Å². The van der Waals surface area contributed by atoms with E-state index < -0.39 is 0 Å². The van der Waals surface area contributed by atoms with E-state index in [-0.39, 0.29) is 6.10 Å². The van der Waals surface area contributed by atoms with Crippen LogP contribution in [0.1, 0.15) is 47.0 Å². The zero-order chi connectivity index (χ0) is 14.0. The number of hydrogen-bond acceptors (Lipinski definition) is 3. The van der Waals surface area contributed by atoms with Crippen LogP contribution in [0.5, 0.6) is 0 Å².